The van der Waals surface area contributed by atoms with Crippen LogP contribution in [0.25, 0.3) is 55.8 Å². The number of para-hydroxylation sites is 3. The zero-order valence-electron chi connectivity index (χ0n) is 27.5. The van der Waals surface area contributed by atoms with Crippen molar-refractivity contribution >= 4 is 52.5 Å². The first kappa shape index (κ1) is 30.3. The van der Waals surface area contributed by atoms with Crippen LogP contribution in [0.15, 0.2) is 150 Å². The molecule has 3 aromatic heterocycles. The molecule has 7 heteroatoms. The SMILES string of the molecule is C[Si](C)(C)c1cc(-c2nc(-c3ccccc3O)nc3c2oc2ccccc23)cc(N(c2ccccn2)c2ccccc2-c2ccccc2)c1. The second-order valence-electron chi connectivity index (χ2n) is 13.1. The van der Waals surface area contributed by atoms with E-state index in [1.807, 2.05) is 66.9 Å². The molecule has 8 rings (SSSR count). The van der Waals surface area contributed by atoms with Gasteiger partial charge in [0.05, 0.1) is 19.3 Å². The maximum atomic E-state index is 10.9. The zero-order chi connectivity index (χ0) is 33.5. The average molecular weight is 655 g/mol. The van der Waals surface area contributed by atoms with Crippen molar-refractivity contribution in [3.63, 3.8) is 0 Å². The summed E-state index contributed by atoms with van der Waals surface area (Å²) in [5.74, 6) is 1.36. The number of anilines is 3. The average Bonchev–Trinajstić information content (AvgIpc) is 3.51. The molecule has 0 aliphatic rings. The van der Waals surface area contributed by atoms with Crippen molar-refractivity contribution in [3.05, 3.63) is 146 Å². The Morgan fingerprint density at radius 3 is 2.14 bits per heavy atom. The highest BCUT2D eigenvalue weighted by atomic mass is 28.3. The number of aromatic nitrogens is 3. The van der Waals surface area contributed by atoms with Gasteiger partial charge in [-0.15, -0.1) is 0 Å². The Morgan fingerprint density at radius 1 is 0.653 bits per heavy atom. The van der Waals surface area contributed by atoms with Gasteiger partial charge in [0.2, 0.25) is 0 Å². The van der Waals surface area contributed by atoms with Gasteiger partial charge in [-0.25, -0.2) is 15.0 Å². The molecule has 0 unspecified atom stereocenters. The molecule has 1 N–H and O–H groups in total. The van der Waals surface area contributed by atoms with E-state index < -0.39 is 8.07 Å². The van der Waals surface area contributed by atoms with E-state index >= 15 is 0 Å². The number of hydrogen-bond donors (Lipinski definition) is 1. The zero-order valence-corrected chi connectivity index (χ0v) is 28.5. The van der Waals surface area contributed by atoms with Gasteiger partial charge in [0.1, 0.15) is 28.4 Å². The molecule has 0 fully saturated rings. The number of phenolic OH excluding ortho intramolecular Hbond substituents is 1. The number of fused-ring (bicyclic) bond motifs is 3. The molecule has 5 aromatic carbocycles. The second kappa shape index (κ2) is 12.2. The Hall–Kier alpha value is -6.05. The molecular formula is C42H34N4O2Si. The number of phenols is 1. The normalized spacial score (nSPS) is 11.7. The summed E-state index contributed by atoms with van der Waals surface area (Å²) < 4.78 is 6.53. The van der Waals surface area contributed by atoms with Crippen LogP contribution in [0, 0.1) is 0 Å². The van der Waals surface area contributed by atoms with Crippen LogP contribution in [0.4, 0.5) is 17.2 Å². The number of hydrogen-bond acceptors (Lipinski definition) is 6. The van der Waals surface area contributed by atoms with Gasteiger partial charge >= 0.3 is 0 Å². The van der Waals surface area contributed by atoms with E-state index in [4.69, 9.17) is 19.4 Å². The molecule has 0 amide bonds. The van der Waals surface area contributed by atoms with Crippen molar-refractivity contribution in [2.75, 3.05) is 4.90 Å². The van der Waals surface area contributed by atoms with E-state index in [1.54, 1.807) is 12.1 Å². The Bertz CT molecular complexity index is 2450. The summed E-state index contributed by atoms with van der Waals surface area (Å²) in [7, 11) is -1.90. The lowest BCUT2D eigenvalue weighted by molar-refractivity contribution is 0.477. The third-order valence-electron chi connectivity index (χ3n) is 8.79. The molecule has 6 nitrogen and oxygen atoms in total. The lowest BCUT2D eigenvalue weighted by Crippen LogP contribution is -2.38. The van der Waals surface area contributed by atoms with Gasteiger partial charge in [0.25, 0.3) is 0 Å². The molecule has 0 atom stereocenters. The van der Waals surface area contributed by atoms with Crippen LogP contribution < -0.4 is 10.1 Å². The highest BCUT2D eigenvalue weighted by Gasteiger charge is 2.26. The van der Waals surface area contributed by atoms with Crippen molar-refractivity contribution in [3.8, 4) is 39.5 Å². The topological polar surface area (TPSA) is 75.3 Å². The van der Waals surface area contributed by atoms with Gasteiger partial charge in [0.15, 0.2) is 11.4 Å². The minimum atomic E-state index is -1.90. The fourth-order valence-corrected chi connectivity index (χ4v) is 7.46. The van der Waals surface area contributed by atoms with Crippen molar-refractivity contribution in [1.29, 1.82) is 0 Å². The quantitative estimate of drug-likeness (QED) is 0.172. The summed E-state index contributed by atoms with van der Waals surface area (Å²) in [5.41, 5.74) is 8.35. The fraction of sp³-hybridized carbons (Fsp3) is 0.0714. The van der Waals surface area contributed by atoms with Crippen molar-refractivity contribution in [2.24, 2.45) is 0 Å². The van der Waals surface area contributed by atoms with E-state index in [2.05, 4.69) is 91.3 Å². The molecule has 0 spiro atoms. The van der Waals surface area contributed by atoms with Crippen LogP contribution in [0.3, 0.4) is 0 Å². The third-order valence-corrected chi connectivity index (χ3v) is 10.8. The minimum Gasteiger partial charge on any atom is -0.507 e. The molecule has 0 radical (unpaired) electrons. The van der Waals surface area contributed by atoms with Gasteiger partial charge in [-0.2, -0.15) is 0 Å². The number of furan rings is 1. The molecule has 0 aliphatic carbocycles. The maximum Gasteiger partial charge on any atom is 0.180 e. The number of nitrogens with zero attached hydrogens (tertiary/aromatic N) is 4. The van der Waals surface area contributed by atoms with Crippen LogP contribution in [0.2, 0.25) is 19.6 Å². The first-order chi connectivity index (χ1) is 23.8. The van der Waals surface area contributed by atoms with Crippen LogP contribution in [0.1, 0.15) is 0 Å². The summed E-state index contributed by atoms with van der Waals surface area (Å²) in [4.78, 5) is 17.2. The summed E-state index contributed by atoms with van der Waals surface area (Å²) >= 11 is 0. The van der Waals surface area contributed by atoms with E-state index in [1.165, 1.54) is 5.19 Å². The summed E-state index contributed by atoms with van der Waals surface area (Å²) in [6.07, 6.45) is 1.83. The first-order valence-electron chi connectivity index (χ1n) is 16.3. The number of rotatable bonds is 7. The van der Waals surface area contributed by atoms with Gasteiger partial charge in [-0.3, -0.25) is 4.90 Å². The highest BCUT2D eigenvalue weighted by Crippen LogP contribution is 2.42. The molecule has 49 heavy (non-hydrogen) atoms. The summed E-state index contributed by atoms with van der Waals surface area (Å²) in [6, 6.07) is 46.7. The van der Waals surface area contributed by atoms with E-state index in [0.717, 1.165) is 44.9 Å². The molecular weight excluding hydrogens is 621 g/mol. The molecule has 0 saturated carbocycles. The van der Waals surface area contributed by atoms with Crippen molar-refractivity contribution < 1.29 is 9.52 Å². The molecule has 3 heterocycles. The van der Waals surface area contributed by atoms with Crippen LogP contribution in [0.5, 0.6) is 5.75 Å². The van der Waals surface area contributed by atoms with E-state index in [0.29, 0.717) is 28.2 Å². The van der Waals surface area contributed by atoms with Crippen molar-refractivity contribution in [2.45, 2.75) is 19.6 Å². The molecule has 0 bridgehead atoms. The second-order valence-corrected chi connectivity index (χ2v) is 18.2. The van der Waals surface area contributed by atoms with Gasteiger partial charge < -0.3 is 9.52 Å². The summed E-state index contributed by atoms with van der Waals surface area (Å²) in [6.45, 7) is 7.05. The molecule has 0 aliphatic heterocycles. The van der Waals surface area contributed by atoms with Gasteiger partial charge in [0, 0.05) is 28.4 Å². The fourth-order valence-electron chi connectivity index (χ4n) is 6.29. The molecule has 8 aromatic rings. The van der Waals surface area contributed by atoms with Gasteiger partial charge in [-0.1, -0.05) is 110 Å². The Morgan fingerprint density at radius 2 is 1.37 bits per heavy atom. The molecule has 0 saturated heterocycles. The highest BCUT2D eigenvalue weighted by molar-refractivity contribution is 6.88. The lowest BCUT2D eigenvalue weighted by atomic mass is 10.0. The number of aromatic hydroxyl groups is 1. The Kier molecular flexibility index (Phi) is 7.54. The number of pyridine rings is 1. The lowest BCUT2D eigenvalue weighted by Gasteiger charge is -2.29. The van der Waals surface area contributed by atoms with Gasteiger partial charge in [-0.05, 0) is 60.2 Å². The summed E-state index contributed by atoms with van der Waals surface area (Å²) in [5, 5.41) is 13.0. The largest absolute Gasteiger partial charge is 0.507 e. The minimum absolute atomic E-state index is 0.121. The smallest absolute Gasteiger partial charge is 0.180 e. The predicted molar refractivity (Wildman–Crippen MR) is 203 cm³/mol. The van der Waals surface area contributed by atoms with Crippen LogP contribution in [-0.4, -0.2) is 28.1 Å². The third kappa shape index (κ3) is 5.64. The van der Waals surface area contributed by atoms with Crippen LogP contribution >= 0.6 is 0 Å². The van der Waals surface area contributed by atoms with Crippen LogP contribution in [-0.2, 0) is 0 Å². The maximum absolute atomic E-state index is 10.9. The Labute approximate surface area is 286 Å². The standard InChI is InChI=1S/C42H34N4O2Si/c1-49(2,3)31-26-29(39-41-40(34-19-9-12-22-37(34)48-41)45-42(44-39)33-18-8-11-21-36(33)47)25-30(27-31)46(38-23-13-14-24-43-38)35-20-10-7-17-32(35)28-15-5-4-6-16-28/h4-27,47H,1-3H3. The van der Waals surface area contributed by atoms with Crippen molar-refractivity contribution in [1.82, 2.24) is 15.0 Å². The van der Waals surface area contributed by atoms with E-state index in [-0.39, 0.29) is 5.75 Å². The Balaban J connectivity index is 1.43. The van der Waals surface area contributed by atoms with E-state index in [9.17, 15) is 5.11 Å². The number of benzene rings is 5. The first-order valence-corrected chi connectivity index (χ1v) is 19.8. The predicted octanol–water partition coefficient (Wildman–Crippen LogP) is 10.5. The monoisotopic (exact) mass is 654 g/mol. The molecule has 238 valence electrons.